The summed E-state index contributed by atoms with van der Waals surface area (Å²) < 4.78 is 5.29. The van der Waals surface area contributed by atoms with E-state index in [1.807, 2.05) is 24.3 Å². The number of rotatable bonds is 6. The lowest BCUT2D eigenvalue weighted by atomic mass is 10.1. The number of H-pyrrole nitrogens is 1. The van der Waals surface area contributed by atoms with Crippen LogP contribution in [0.3, 0.4) is 0 Å². The first-order valence-corrected chi connectivity index (χ1v) is 8.09. The molecule has 0 spiro atoms. The van der Waals surface area contributed by atoms with Crippen molar-refractivity contribution in [3.8, 4) is 17.0 Å². The molecule has 0 aliphatic heterocycles. The molecular weight excluding hydrogens is 332 g/mol. The molecule has 0 aliphatic rings. The van der Waals surface area contributed by atoms with Crippen LogP contribution in [0.2, 0.25) is 0 Å². The Morgan fingerprint density at radius 2 is 1.96 bits per heavy atom. The van der Waals surface area contributed by atoms with Gasteiger partial charge in [-0.1, -0.05) is 18.2 Å². The monoisotopic (exact) mass is 350 g/mol. The third kappa shape index (κ3) is 3.94. The van der Waals surface area contributed by atoms with Crippen LogP contribution in [0.15, 0.2) is 59.7 Å². The van der Waals surface area contributed by atoms with Crippen molar-refractivity contribution in [1.29, 1.82) is 0 Å². The Hall–Kier alpha value is -3.48. The molecule has 0 bridgehead atoms. The molecule has 1 aromatic carbocycles. The summed E-state index contributed by atoms with van der Waals surface area (Å²) in [6.45, 7) is 0.381. The summed E-state index contributed by atoms with van der Waals surface area (Å²) in [5.74, 6) is 0.322. The van der Waals surface area contributed by atoms with Crippen LogP contribution in [0.25, 0.3) is 11.3 Å². The van der Waals surface area contributed by atoms with Gasteiger partial charge in [0.2, 0.25) is 0 Å². The SMILES string of the molecule is COc1ccccc1CCNC(=O)c1cc(-c2ccncc2)n[nH]c1=O. The Labute approximate surface area is 150 Å². The Morgan fingerprint density at radius 3 is 2.73 bits per heavy atom. The summed E-state index contributed by atoms with van der Waals surface area (Å²) in [6.07, 6.45) is 3.83. The zero-order valence-corrected chi connectivity index (χ0v) is 14.2. The molecule has 2 aromatic heterocycles. The van der Waals surface area contributed by atoms with Crippen molar-refractivity contribution >= 4 is 5.91 Å². The molecule has 7 nitrogen and oxygen atoms in total. The number of para-hydroxylation sites is 1. The molecule has 0 aliphatic carbocycles. The van der Waals surface area contributed by atoms with Gasteiger partial charge in [0.25, 0.3) is 11.5 Å². The number of methoxy groups -OCH3 is 1. The van der Waals surface area contributed by atoms with Crippen molar-refractivity contribution in [2.24, 2.45) is 0 Å². The molecule has 0 radical (unpaired) electrons. The van der Waals surface area contributed by atoms with Crippen LogP contribution in [-0.4, -0.2) is 34.7 Å². The molecule has 1 amide bonds. The highest BCUT2D eigenvalue weighted by Crippen LogP contribution is 2.17. The summed E-state index contributed by atoms with van der Waals surface area (Å²) in [6, 6.07) is 12.6. The van der Waals surface area contributed by atoms with E-state index < -0.39 is 11.5 Å². The van der Waals surface area contributed by atoms with Gasteiger partial charge >= 0.3 is 0 Å². The molecule has 0 atom stereocenters. The van der Waals surface area contributed by atoms with Crippen LogP contribution in [0.1, 0.15) is 15.9 Å². The number of benzene rings is 1. The van der Waals surface area contributed by atoms with Gasteiger partial charge in [-0.25, -0.2) is 5.10 Å². The fraction of sp³-hybridized carbons (Fsp3) is 0.158. The van der Waals surface area contributed by atoms with Crippen LogP contribution >= 0.6 is 0 Å². The average Bonchev–Trinajstić information content (AvgIpc) is 2.69. The van der Waals surface area contributed by atoms with Crippen molar-refractivity contribution in [3.05, 3.63) is 76.3 Å². The number of amides is 1. The van der Waals surface area contributed by atoms with Crippen LogP contribution in [0.4, 0.5) is 0 Å². The lowest BCUT2D eigenvalue weighted by Gasteiger charge is -2.09. The number of carbonyl (C=O) groups excluding carboxylic acids is 1. The first kappa shape index (κ1) is 17.3. The maximum Gasteiger partial charge on any atom is 0.277 e. The van der Waals surface area contributed by atoms with Crippen molar-refractivity contribution in [2.75, 3.05) is 13.7 Å². The van der Waals surface area contributed by atoms with Crippen LogP contribution in [0, 0.1) is 0 Å². The zero-order valence-electron chi connectivity index (χ0n) is 14.2. The van der Waals surface area contributed by atoms with E-state index in [1.165, 1.54) is 6.07 Å². The predicted octanol–water partition coefficient (Wildman–Crippen LogP) is 1.81. The first-order chi connectivity index (χ1) is 12.7. The normalized spacial score (nSPS) is 10.3. The Morgan fingerprint density at radius 1 is 1.19 bits per heavy atom. The topological polar surface area (TPSA) is 97.0 Å². The molecule has 0 fully saturated rings. The molecule has 3 rings (SSSR count). The van der Waals surface area contributed by atoms with Gasteiger partial charge in [0.1, 0.15) is 11.3 Å². The Bertz CT molecular complexity index is 954. The van der Waals surface area contributed by atoms with Crippen LogP contribution in [-0.2, 0) is 6.42 Å². The van der Waals surface area contributed by atoms with E-state index in [2.05, 4.69) is 20.5 Å². The van der Waals surface area contributed by atoms with Crippen molar-refractivity contribution < 1.29 is 9.53 Å². The lowest BCUT2D eigenvalue weighted by molar-refractivity contribution is 0.0952. The zero-order chi connectivity index (χ0) is 18.4. The van der Waals surface area contributed by atoms with E-state index in [-0.39, 0.29) is 5.56 Å². The molecule has 0 saturated carbocycles. The largest absolute Gasteiger partial charge is 0.496 e. The first-order valence-electron chi connectivity index (χ1n) is 8.09. The minimum Gasteiger partial charge on any atom is -0.496 e. The van der Waals surface area contributed by atoms with Crippen molar-refractivity contribution in [2.45, 2.75) is 6.42 Å². The standard InChI is InChI=1S/C19H18N4O3/c1-26-17-5-3-2-4-14(17)8-11-21-18(24)15-12-16(22-23-19(15)25)13-6-9-20-10-7-13/h2-7,9-10,12H,8,11H2,1H3,(H,21,24)(H,23,25). The van der Waals surface area contributed by atoms with Gasteiger partial charge in [0.05, 0.1) is 12.8 Å². The van der Waals surface area contributed by atoms with Crippen molar-refractivity contribution in [1.82, 2.24) is 20.5 Å². The second-order valence-corrected chi connectivity index (χ2v) is 5.55. The molecule has 0 saturated heterocycles. The highest BCUT2D eigenvalue weighted by molar-refractivity contribution is 5.94. The number of hydrogen-bond acceptors (Lipinski definition) is 5. The number of nitrogens with one attached hydrogen (secondary N) is 2. The van der Waals surface area contributed by atoms with Crippen molar-refractivity contribution in [3.63, 3.8) is 0 Å². The van der Waals surface area contributed by atoms with Gasteiger partial charge in [0.15, 0.2) is 0 Å². The summed E-state index contributed by atoms with van der Waals surface area (Å²) in [4.78, 5) is 28.3. The van der Waals surface area contributed by atoms with E-state index in [1.54, 1.807) is 31.6 Å². The summed E-state index contributed by atoms with van der Waals surface area (Å²) in [5, 5.41) is 9.11. The van der Waals surface area contributed by atoms with E-state index >= 15 is 0 Å². The second kappa shape index (κ2) is 8.06. The van der Waals surface area contributed by atoms with Gasteiger partial charge in [0, 0.05) is 24.5 Å². The average molecular weight is 350 g/mol. The number of ether oxygens (including phenoxy) is 1. The quantitative estimate of drug-likeness (QED) is 0.707. The highest BCUT2D eigenvalue weighted by atomic mass is 16.5. The van der Waals surface area contributed by atoms with Gasteiger partial charge in [-0.2, -0.15) is 5.10 Å². The molecule has 132 valence electrons. The number of hydrogen-bond donors (Lipinski definition) is 2. The van der Waals surface area contributed by atoms with Gasteiger partial charge < -0.3 is 10.1 Å². The molecular formula is C19H18N4O3. The second-order valence-electron chi connectivity index (χ2n) is 5.55. The number of nitrogens with zero attached hydrogens (tertiary/aromatic N) is 2. The number of aromatic nitrogens is 3. The van der Waals surface area contributed by atoms with Gasteiger partial charge in [-0.15, -0.1) is 0 Å². The van der Waals surface area contributed by atoms with Crippen LogP contribution in [0.5, 0.6) is 5.75 Å². The summed E-state index contributed by atoms with van der Waals surface area (Å²) in [5.41, 5.74) is 1.74. The minimum absolute atomic E-state index is 0.0202. The number of pyridine rings is 1. The summed E-state index contributed by atoms with van der Waals surface area (Å²) >= 11 is 0. The maximum absolute atomic E-state index is 12.4. The number of carbonyl (C=O) groups is 1. The van der Waals surface area contributed by atoms with Gasteiger partial charge in [-0.3, -0.25) is 14.6 Å². The van der Waals surface area contributed by atoms with E-state index in [0.29, 0.717) is 18.7 Å². The lowest BCUT2D eigenvalue weighted by Crippen LogP contribution is -2.31. The fourth-order valence-corrected chi connectivity index (χ4v) is 2.56. The van der Waals surface area contributed by atoms with E-state index in [4.69, 9.17) is 4.74 Å². The molecule has 3 aromatic rings. The predicted molar refractivity (Wildman–Crippen MR) is 97.1 cm³/mol. The summed E-state index contributed by atoms with van der Waals surface area (Å²) in [7, 11) is 1.61. The smallest absolute Gasteiger partial charge is 0.277 e. The Balaban J connectivity index is 1.71. The Kier molecular flexibility index (Phi) is 5.38. The third-order valence-electron chi connectivity index (χ3n) is 3.90. The van der Waals surface area contributed by atoms with E-state index in [0.717, 1.165) is 16.9 Å². The molecule has 2 N–H and O–H groups in total. The maximum atomic E-state index is 12.4. The molecule has 2 heterocycles. The molecule has 0 unspecified atom stereocenters. The third-order valence-corrected chi connectivity index (χ3v) is 3.90. The number of aromatic amines is 1. The van der Waals surface area contributed by atoms with Crippen LogP contribution < -0.4 is 15.6 Å². The van der Waals surface area contributed by atoms with Gasteiger partial charge in [-0.05, 0) is 36.2 Å². The molecule has 7 heteroatoms. The fourth-order valence-electron chi connectivity index (χ4n) is 2.56. The molecule has 26 heavy (non-hydrogen) atoms. The minimum atomic E-state index is -0.530. The van der Waals surface area contributed by atoms with E-state index in [9.17, 15) is 9.59 Å². The highest BCUT2D eigenvalue weighted by Gasteiger charge is 2.13.